The van der Waals surface area contributed by atoms with Crippen LogP contribution in [0, 0.1) is 0 Å². The highest BCUT2D eigenvalue weighted by Crippen LogP contribution is 2.11. The molecule has 0 spiro atoms. The fourth-order valence-corrected chi connectivity index (χ4v) is 1.89. The second-order valence-electron chi connectivity index (χ2n) is 3.59. The van der Waals surface area contributed by atoms with E-state index < -0.39 is 0 Å². The summed E-state index contributed by atoms with van der Waals surface area (Å²) < 4.78 is 10.4. The Morgan fingerprint density at radius 2 is 2.24 bits per heavy atom. The van der Waals surface area contributed by atoms with E-state index in [4.69, 9.17) is 9.15 Å². The number of aryl methyl sites for hydroxylation is 1. The van der Waals surface area contributed by atoms with Gasteiger partial charge in [0.05, 0.1) is 6.61 Å². The van der Waals surface area contributed by atoms with E-state index >= 15 is 0 Å². The molecule has 0 aromatic carbocycles. The molecule has 1 rings (SSSR count). The summed E-state index contributed by atoms with van der Waals surface area (Å²) in [6.45, 7) is 3.74. The molecule has 0 N–H and O–H groups in total. The summed E-state index contributed by atoms with van der Waals surface area (Å²) in [7, 11) is 1.62. The Balaban J connectivity index is 2.68. The molecule has 0 aliphatic rings. The molecule has 0 bridgehead atoms. The first-order chi connectivity index (χ1) is 8.22. The summed E-state index contributed by atoms with van der Waals surface area (Å²) in [5.41, 5.74) is 0. The smallest absolute Gasteiger partial charge is 0.289 e. The van der Waals surface area contributed by atoms with Gasteiger partial charge in [0.1, 0.15) is 5.76 Å². The van der Waals surface area contributed by atoms with Gasteiger partial charge in [-0.25, -0.2) is 0 Å². The van der Waals surface area contributed by atoms with Gasteiger partial charge in [-0.2, -0.15) is 0 Å². The van der Waals surface area contributed by atoms with E-state index in [-0.39, 0.29) is 5.91 Å². The molecule has 17 heavy (non-hydrogen) atoms. The van der Waals surface area contributed by atoms with Crippen LogP contribution in [0.15, 0.2) is 16.5 Å². The minimum Gasteiger partial charge on any atom is -0.456 e. The molecule has 0 saturated carbocycles. The topological polar surface area (TPSA) is 42.7 Å². The molecule has 0 aliphatic heterocycles. The third kappa shape index (κ3) is 4.16. The van der Waals surface area contributed by atoms with Crippen molar-refractivity contribution in [2.45, 2.75) is 13.3 Å². The van der Waals surface area contributed by atoms with Gasteiger partial charge in [-0.05, 0) is 12.1 Å². The molecule has 96 valence electrons. The van der Waals surface area contributed by atoms with Gasteiger partial charge in [0.2, 0.25) is 0 Å². The SMILES string of the molecule is CCc1ccc(C(=O)N(CCBr)CCOC)o1. The molecular formula is C12H18BrNO3. The van der Waals surface area contributed by atoms with Gasteiger partial charge in [0.15, 0.2) is 5.76 Å². The zero-order valence-corrected chi connectivity index (χ0v) is 11.8. The van der Waals surface area contributed by atoms with Crippen LogP contribution in [0.4, 0.5) is 0 Å². The van der Waals surface area contributed by atoms with Gasteiger partial charge in [-0.1, -0.05) is 22.9 Å². The van der Waals surface area contributed by atoms with Crippen LogP contribution in [0.2, 0.25) is 0 Å². The Labute approximate surface area is 110 Å². The highest BCUT2D eigenvalue weighted by molar-refractivity contribution is 9.09. The number of carbonyl (C=O) groups is 1. The van der Waals surface area contributed by atoms with E-state index in [0.717, 1.165) is 17.5 Å². The Morgan fingerprint density at radius 3 is 2.76 bits per heavy atom. The maximum Gasteiger partial charge on any atom is 0.289 e. The van der Waals surface area contributed by atoms with Crippen LogP contribution in [0.1, 0.15) is 23.2 Å². The lowest BCUT2D eigenvalue weighted by Crippen LogP contribution is -2.35. The van der Waals surface area contributed by atoms with E-state index in [0.29, 0.717) is 25.5 Å². The molecule has 1 amide bonds. The molecule has 1 aromatic heterocycles. The largest absolute Gasteiger partial charge is 0.456 e. The van der Waals surface area contributed by atoms with Crippen molar-refractivity contribution in [3.63, 3.8) is 0 Å². The van der Waals surface area contributed by atoms with Crippen molar-refractivity contribution in [3.05, 3.63) is 23.7 Å². The number of halogens is 1. The quantitative estimate of drug-likeness (QED) is 0.726. The Hall–Kier alpha value is -0.810. The molecule has 0 aliphatic carbocycles. The number of hydrogen-bond donors (Lipinski definition) is 0. The van der Waals surface area contributed by atoms with Crippen LogP contribution in [0.3, 0.4) is 0 Å². The lowest BCUT2D eigenvalue weighted by molar-refractivity contribution is 0.0676. The Morgan fingerprint density at radius 1 is 1.47 bits per heavy atom. The highest BCUT2D eigenvalue weighted by atomic mass is 79.9. The van der Waals surface area contributed by atoms with Gasteiger partial charge < -0.3 is 14.1 Å². The molecule has 0 unspecified atom stereocenters. The molecule has 0 fully saturated rings. The summed E-state index contributed by atoms with van der Waals surface area (Å²) in [5.74, 6) is 1.15. The van der Waals surface area contributed by atoms with E-state index in [1.807, 2.05) is 13.0 Å². The van der Waals surface area contributed by atoms with E-state index in [9.17, 15) is 4.79 Å². The number of alkyl halides is 1. The zero-order valence-electron chi connectivity index (χ0n) is 10.2. The van der Waals surface area contributed by atoms with Crippen LogP contribution in [-0.4, -0.2) is 42.9 Å². The molecule has 5 heteroatoms. The van der Waals surface area contributed by atoms with Crippen molar-refractivity contribution in [2.24, 2.45) is 0 Å². The standard InChI is InChI=1S/C12H18BrNO3/c1-3-10-4-5-11(17-10)12(15)14(7-6-13)8-9-16-2/h4-5H,3,6-9H2,1-2H3. The molecule has 0 saturated heterocycles. The number of methoxy groups -OCH3 is 1. The molecule has 4 nitrogen and oxygen atoms in total. The third-order valence-electron chi connectivity index (χ3n) is 2.43. The van der Waals surface area contributed by atoms with Crippen LogP contribution < -0.4 is 0 Å². The fraction of sp³-hybridized carbons (Fsp3) is 0.583. The first-order valence-corrected chi connectivity index (χ1v) is 6.78. The second-order valence-corrected chi connectivity index (χ2v) is 4.39. The van der Waals surface area contributed by atoms with E-state index in [1.54, 1.807) is 18.1 Å². The monoisotopic (exact) mass is 303 g/mol. The predicted molar refractivity (Wildman–Crippen MR) is 69.7 cm³/mol. The molecule has 0 atom stereocenters. The number of ether oxygens (including phenoxy) is 1. The van der Waals surface area contributed by atoms with Crippen LogP contribution >= 0.6 is 15.9 Å². The maximum absolute atomic E-state index is 12.1. The Bertz CT molecular complexity index is 351. The second kappa shape index (κ2) is 7.50. The summed E-state index contributed by atoms with van der Waals surface area (Å²) in [4.78, 5) is 13.8. The average Bonchev–Trinajstić information content (AvgIpc) is 2.82. The van der Waals surface area contributed by atoms with Crippen molar-refractivity contribution in [3.8, 4) is 0 Å². The predicted octanol–water partition coefficient (Wildman–Crippen LogP) is 2.33. The normalized spacial score (nSPS) is 10.5. The summed E-state index contributed by atoms with van der Waals surface area (Å²) in [6.07, 6.45) is 0.795. The zero-order chi connectivity index (χ0) is 12.7. The van der Waals surface area contributed by atoms with Gasteiger partial charge in [-0.15, -0.1) is 0 Å². The van der Waals surface area contributed by atoms with E-state index in [2.05, 4.69) is 15.9 Å². The fourth-order valence-electron chi connectivity index (χ4n) is 1.46. The van der Waals surface area contributed by atoms with Crippen molar-refractivity contribution >= 4 is 21.8 Å². The molecule has 1 aromatic rings. The minimum atomic E-state index is -0.0822. The lowest BCUT2D eigenvalue weighted by atomic mass is 10.3. The van der Waals surface area contributed by atoms with Crippen LogP contribution in [0.5, 0.6) is 0 Å². The van der Waals surface area contributed by atoms with Crippen molar-refractivity contribution in [1.82, 2.24) is 4.90 Å². The minimum absolute atomic E-state index is 0.0822. The van der Waals surface area contributed by atoms with Gasteiger partial charge in [-0.3, -0.25) is 4.79 Å². The van der Waals surface area contributed by atoms with Crippen LogP contribution in [0.25, 0.3) is 0 Å². The molecule has 0 radical (unpaired) electrons. The van der Waals surface area contributed by atoms with Crippen molar-refractivity contribution in [1.29, 1.82) is 0 Å². The number of rotatable bonds is 7. The number of amides is 1. The highest BCUT2D eigenvalue weighted by Gasteiger charge is 2.18. The summed E-state index contributed by atoms with van der Waals surface area (Å²) in [5, 5.41) is 0.740. The number of carbonyl (C=O) groups excluding carboxylic acids is 1. The van der Waals surface area contributed by atoms with Crippen LogP contribution in [-0.2, 0) is 11.2 Å². The van der Waals surface area contributed by atoms with Crippen molar-refractivity contribution in [2.75, 3.05) is 32.1 Å². The van der Waals surface area contributed by atoms with Crippen molar-refractivity contribution < 1.29 is 13.9 Å². The number of furan rings is 1. The third-order valence-corrected chi connectivity index (χ3v) is 2.78. The van der Waals surface area contributed by atoms with Gasteiger partial charge in [0, 0.05) is 32.0 Å². The summed E-state index contributed by atoms with van der Waals surface area (Å²) >= 11 is 3.34. The summed E-state index contributed by atoms with van der Waals surface area (Å²) in [6, 6.07) is 3.57. The van der Waals surface area contributed by atoms with Gasteiger partial charge in [0.25, 0.3) is 5.91 Å². The number of hydrogen-bond acceptors (Lipinski definition) is 3. The number of nitrogens with zero attached hydrogens (tertiary/aromatic N) is 1. The Kier molecular flexibility index (Phi) is 6.29. The van der Waals surface area contributed by atoms with Gasteiger partial charge >= 0.3 is 0 Å². The average molecular weight is 304 g/mol. The van der Waals surface area contributed by atoms with E-state index in [1.165, 1.54) is 0 Å². The lowest BCUT2D eigenvalue weighted by Gasteiger charge is -2.19. The molecule has 1 heterocycles. The molecular weight excluding hydrogens is 286 g/mol. The maximum atomic E-state index is 12.1. The first-order valence-electron chi connectivity index (χ1n) is 5.65. The first kappa shape index (κ1) is 14.3.